The minimum atomic E-state index is -3.53. The number of piperazine rings is 1. The number of sulfonamides is 1. The highest BCUT2D eigenvalue weighted by Crippen LogP contribution is 2.28. The van der Waals surface area contributed by atoms with Gasteiger partial charge in [-0.2, -0.15) is 4.31 Å². The lowest BCUT2D eigenvalue weighted by molar-refractivity contribution is -0.134. The Bertz CT molecular complexity index is 652. The average molecular weight is 380 g/mol. The zero-order valence-corrected chi connectivity index (χ0v) is 15.6. The van der Waals surface area contributed by atoms with Gasteiger partial charge < -0.3 is 10.6 Å². The van der Waals surface area contributed by atoms with Gasteiger partial charge in [-0.05, 0) is 24.5 Å². The van der Waals surface area contributed by atoms with E-state index in [9.17, 15) is 13.2 Å². The van der Waals surface area contributed by atoms with Crippen LogP contribution in [0.25, 0.3) is 0 Å². The third-order valence-electron chi connectivity index (χ3n) is 3.74. The molecule has 130 valence electrons. The van der Waals surface area contributed by atoms with Crippen molar-refractivity contribution in [1.29, 1.82) is 0 Å². The van der Waals surface area contributed by atoms with Crippen LogP contribution in [0.2, 0.25) is 4.34 Å². The topological polar surface area (TPSA) is 83.7 Å². The number of amides is 1. The number of halogens is 1. The lowest BCUT2D eigenvalue weighted by atomic mass is 10.0. The molecular weight excluding hydrogens is 358 g/mol. The van der Waals surface area contributed by atoms with Gasteiger partial charge in [0.05, 0.1) is 10.4 Å². The van der Waals surface area contributed by atoms with Gasteiger partial charge in [-0.25, -0.2) is 8.42 Å². The SMILES string of the molecule is CC(C)C[C@H](N)C(=O)N1CCN(S(=O)(=O)c2ccc(Cl)s2)CC1. The van der Waals surface area contributed by atoms with Gasteiger partial charge in [-0.3, -0.25) is 4.79 Å². The maximum atomic E-state index is 12.5. The van der Waals surface area contributed by atoms with E-state index in [1.165, 1.54) is 10.4 Å². The Morgan fingerprint density at radius 3 is 2.39 bits per heavy atom. The zero-order chi connectivity index (χ0) is 17.2. The van der Waals surface area contributed by atoms with Gasteiger partial charge in [-0.1, -0.05) is 25.4 Å². The number of nitrogens with zero attached hydrogens (tertiary/aromatic N) is 2. The zero-order valence-electron chi connectivity index (χ0n) is 13.2. The maximum absolute atomic E-state index is 12.5. The molecule has 2 heterocycles. The summed E-state index contributed by atoms with van der Waals surface area (Å²) < 4.78 is 27.1. The summed E-state index contributed by atoms with van der Waals surface area (Å²) >= 11 is 6.86. The number of thiophene rings is 1. The van der Waals surface area contributed by atoms with Crippen molar-refractivity contribution in [3.8, 4) is 0 Å². The van der Waals surface area contributed by atoms with E-state index >= 15 is 0 Å². The lowest BCUT2D eigenvalue weighted by Crippen LogP contribution is -2.54. The molecule has 1 fully saturated rings. The van der Waals surface area contributed by atoms with Crippen LogP contribution >= 0.6 is 22.9 Å². The molecule has 23 heavy (non-hydrogen) atoms. The molecule has 0 saturated carbocycles. The second kappa shape index (κ2) is 7.48. The van der Waals surface area contributed by atoms with Gasteiger partial charge in [0.2, 0.25) is 5.91 Å². The fourth-order valence-electron chi connectivity index (χ4n) is 2.56. The van der Waals surface area contributed by atoms with Crippen LogP contribution in [0.4, 0.5) is 0 Å². The smallest absolute Gasteiger partial charge is 0.252 e. The van der Waals surface area contributed by atoms with E-state index < -0.39 is 16.1 Å². The summed E-state index contributed by atoms with van der Waals surface area (Å²) in [5.74, 6) is 0.245. The van der Waals surface area contributed by atoms with Crippen LogP contribution in [0.15, 0.2) is 16.3 Å². The third kappa shape index (κ3) is 4.45. The van der Waals surface area contributed by atoms with Crippen LogP contribution in [0.1, 0.15) is 20.3 Å². The predicted octanol–water partition coefficient (Wildman–Crippen LogP) is 1.61. The van der Waals surface area contributed by atoms with Gasteiger partial charge >= 0.3 is 0 Å². The first-order valence-corrected chi connectivity index (χ1v) is 10.1. The van der Waals surface area contributed by atoms with Crippen molar-refractivity contribution in [3.05, 3.63) is 16.5 Å². The number of carbonyl (C=O) groups is 1. The van der Waals surface area contributed by atoms with Gasteiger partial charge in [0.1, 0.15) is 4.21 Å². The Hall–Kier alpha value is -0.670. The highest BCUT2D eigenvalue weighted by atomic mass is 35.5. The summed E-state index contributed by atoms with van der Waals surface area (Å²) in [7, 11) is -3.53. The van der Waals surface area contributed by atoms with Gasteiger partial charge in [-0.15, -0.1) is 11.3 Å². The molecule has 0 bridgehead atoms. The van der Waals surface area contributed by atoms with Gasteiger partial charge in [0.15, 0.2) is 0 Å². The number of hydrogen-bond donors (Lipinski definition) is 1. The lowest BCUT2D eigenvalue weighted by Gasteiger charge is -2.35. The molecule has 1 aromatic rings. The Morgan fingerprint density at radius 2 is 1.91 bits per heavy atom. The predicted molar refractivity (Wildman–Crippen MR) is 92.1 cm³/mol. The molecule has 2 N–H and O–H groups in total. The summed E-state index contributed by atoms with van der Waals surface area (Å²) in [6, 6.07) is 2.57. The number of hydrogen-bond acceptors (Lipinski definition) is 5. The summed E-state index contributed by atoms with van der Waals surface area (Å²) in [5.41, 5.74) is 5.93. The average Bonchev–Trinajstić information content (AvgIpc) is 2.93. The van der Waals surface area contributed by atoms with Crippen molar-refractivity contribution in [3.63, 3.8) is 0 Å². The molecule has 1 saturated heterocycles. The first kappa shape index (κ1) is 18.7. The minimum Gasteiger partial charge on any atom is -0.339 e. The maximum Gasteiger partial charge on any atom is 0.252 e. The second-order valence-corrected chi connectivity index (χ2v) is 9.90. The van der Waals surface area contributed by atoms with Crippen molar-refractivity contribution in [1.82, 2.24) is 9.21 Å². The van der Waals surface area contributed by atoms with Crippen LogP contribution < -0.4 is 5.73 Å². The third-order valence-corrected chi connectivity index (χ3v) is 7.33. The fraction of sp³-hybridized carbons (Fsp3) is 0.643. The number of carbonyl (C=O) groups excluding carboxylic acids is 1. The van der Waals surface area contributed by atoms with Crippen LogP contribution in [0.5, 0.6) is 0 Å². The molecule has 0 spiro atoms. The van der Waals surface area contributed by atoms with Crippen molar-refractivity contribution in [2.45, 2.75) is 30.5 Å². The summed E-state index contributed by atoms with van der Waals surface area (Å²) in [5, 5.41) is 0. The molecule has 1 amide bonds. The monoisotopic (exact) mass is 379 g/mol. The highest BCUT2D eigenvalue weighted by Gasteiger charge is 2.32. The number of nitrogens with two attached hydrogens (primary N) is 1. The van der Waals surface area contributed by atoms with E-state index in [0.717, 1.165) is 11.3 Å². The second-order valence-electron chi connectivity index (χ2n) is 6.02. The molecule has 9 heteroatoms. The van der Waals surface area contributed by atoms with Crippen LogP contribution in [0, 0.1) is 5.92 Å². The molecular formula is C14H22ClN3O3S2. The largest absolute Gasteiger partial charge is 0.339 e. The summed E-state index contributed by atoms with van der Waals surface area (Å²) in [6.07, 6.45) is 0.630. The summed E-state index contributed by atoms with van der Waals surface area (Å²) in [6.45, 7) is 5.32. The Kier molecular flexibility index (Phi) is 6.07. The normalized spacial score (nSPS) is 18.4. The van der Waals surface area contributed by atoms with E-state index in [1.54, 1.807) is 11.0 Å². The van der Waals surface area contributed by atoms with Gasteiger partial charge in [0.25, 0.3) is 10.0 Å². The number of rotatable bonds is 5. The van der Waals surface area contributed by atoms with Crippen molar-refractivity contribution < 1.29 is 13.2 Å². The molecule has 0 aliphatic carbocycles. The molecule has 6 nitrogen and oxygen atoms in total. The molecule has 1 aliphatic heterocycles. The molecule has 1 aromatic heterocycles. The van der Waals surface area contributed by atoms with E-state index in [1.807, 2.05) is 13.8 Å². The van der Waals surface area contributed by atoms with Crippen LogP contribution in [-0.4, -0.2) is 55.8 Å². The first-order chi connectivity index (χ1) is 10.7. The molecule has 2 rings (SSSR count). The van der Waals surface area contributed by atoms with Crippen LogP contribution in [0.3, 0.4) is 0 Å². The quantitative estimate of drug-likeness (QED) is 0.842. The van der Waals surface area contributed by atoms with Crippen molar-refractivity contribution in [2.24, 2.45) is 11.7 Å². The standard InChI is InChI=1S/C14H22ClN3O3S2/c1-10(2)9-11(16)14(19)17-5-7-18(8-6-17)23(20,21)13-4-3-12(15)22-13/h3-4,10-11H,5-9,16H2,1-2H3/t11-/m0/s1. The fourth-order valence-corrected chi connectivity index (χ4v) is 5.61. The van der Waals surface area contributed by atoms with E-state index in [0.29, 0.717) is 29.8 Å². The van der Waals surface area contributed by atoms with Gasteiger partial charge in [0, 0.05) is 26.2 Å². The molecule has 0 aromatic carbocycles. The molecule has 0 unspecified atom stereocenters. The molecule has 1 aliphatic rings. The summed E-state index contributed by atoms with van der Waals surface area (Å²) in [4.78, 5) is 13.9. The molecule has 1 atom stereocenters. The van der Waals surface area contributed by atoms with E-state index in [-0.39, 0.29) is 23.2 Å². The first-order valence-electron chi connectivity index (χ1n) is 7.51. The molecule has 0 radical (unpaired) electrons. The Morgan fingerprint density at radius 1 is 1.30 bits per heavy atom. The van der Waals surface area contributed by atoms with E-state index in [2.05, 4.69) is 0 Å². The Balaban J connectivity index is 1.97. The van der Waals surface area contributed by atoms with E-state index in [4.69, 9.17) is 17.3 Å². The minimum absolute atomic E-state index is 0.102. The van der Waals surface area contributed by atoms with Crippen molar-refractivity contribution in [2.75, 3.05) is 26.2 Å². The van der Waals surface area contributed by atoms with Crippen molar-refractivity contribution >= 4 is 38.9 Å². The van der Waals surface area contributed by atoms with Crippen LogP contribution in [-0.2, 0) is 14.8 Å². The Labute approximate surface area is 146 Å². The highest BCUT2D eigenvalue weighted by molar-refractivity contribution is 7.91.